The van der Waals surface area contributed by atoms with Crippen LogP contribution in [0.5, 0.6) is 11.5 Å². The largest absolute Gasteiger partial charge is 0.497 e. The zero-order valence-electron chi connectivity index (χ0n) is 20.0. The van der Waals surface area contributed by atoms with Gasteiger partial charge in [-0.25, -0.2) is 8.42 Å². The summed E-state index contributed by atoms with van der Waals surface area (Å²) in [7, 11) is -1.74. The summed E-state index contributed by atoms with van der Waals surface area (Å²) < 4.78 is 65.8. The molecule has 1 aliphatic rings. The molecule has 0 saturated carbocycles. The standard InChI is InChI=1S/C22H30N4O7S2/c1-25(2)35(30,31)26-13-5-6-16(15-26)22(27)23-17-7-10-19(11-8-17)34(28,29)24-20-14-18(32-3)9-12-21(20)33-4/h7-12,14,16,24H,5-6,13,15H2,1-4H3,(H,23,27)/t16-/m0/s1. The molecule has 192 valence electrons. The summed E-state index contributed by atoms with van der Waals surface area (Å²) in [4.78, 5) is 12.7. The monoisotopic (exact) mass is 526 g/mol. The molecule has 1 heterocycles. The zero-order chi connectivity index (χ0) is 25.8. The lowest BCUT2D eigenvalue weighted by Crippen LogP contribution is -2.47. The predicted octanol–water partition coefficient (Wildman–Crippen LogP) is 1.96. The average molecular weight is 527 g/mol. The molecule has 1 aliphatic heterocycles. The number of amides is 1. The minimum Gasteiger partial charge on any atom is -0.497 e. The summed E-state index contributed by atoms with van der Waals surface area (Å²) >= 11 is 0. The van der Waals surface area contributed by atoms with Crippen LogP contribution in [0.2, 0.25) is 0 Å². The molecule has 0 unspecified atom stereocenters. The van der Waals surface area contributed by atoms with Gasteiger partial charge in [0.1, 0.15) is 11.5 Å². The first-order chi connectivity index (χ1) is 16.5. The number of hydrogen-bond acceptors (Lipinski definition) is 7. The molecule has 0 bridgehead atoms. The highest BCUT2D eigenvalue weighted by Gasteiger charge is 2.33. The lowest BCUT2D eigenvalue weighted by Gasteiger charge is -2.32. The molecule has 0 radical (unpaired) electrons. The fraction of sp³-hybridized carbons (Fsp3) is 0.409. The third-order valence-electron chi connectivity index (χ3n) is 5.63. The maximum absolute atomic E-state index is 12.9. The second kappa shape index (κ2) is 10.8. The van der Waals surface area contributed by atoms with E-state index in [1.54, 1.807) is 12.1 Å². The molecule has 3 rings (SSSR count). The van der Waals surface area contributed by atoms with Crippen LogP contribution >= 0.6 is 0 Å². The highest BCUT2D eigenvalue weighted by molar-refractivity contribution is 7.92. The first kappa shape index (κ1) is 26.7. The van der Waals surface area contributed by atoms with Gasteiger partial charge < -0.3 is 14.8 Å². The molecule has 11 nitrogen and oxygen atoms in total. The van der Waals surface area contributed by atoms with Crippen LogP contribution in [0.15, 0.2) is 47.4 Å². The van der Waals surface area contributed by atoms with Crippen LogP contribution < -0.4 is 19.5 Å². The van der Waals surface area contributed by atoms with Crippen molar-refractivity contribution in [2.24, 2.45) is 5.92 Å². The van der Waals surface area contributed by atoms with Crippen molar-refractivity contribution in [3.63, 3.8) is 0 Å². The number of rotatable bonds is 9. The molecule has 13 heteroatoms. The molecule has 1 amide bonds. The van der Waals surface area contributed by atoms with Gasteiger partial charge in [-0.1, -0.05) is 0 Å². The van der Waals surface area contributed by atoms with Gasteiger partial charge in [0.15, 0.2) is 0 Å². The number of carbonyl (C=O) groups is 1. The minimum atomic E-state index is -3.94. The highest BCUT2D eigenvalue weighted by atomic mass is 32.2. The summed E-state index contributed by atoms with van der Waals surface area (Å²) in [5.41, 5.74) is 0.624. The predicted molar refractivity (Wildman–Crippen MR) is 132 cm³/mol. The number of hydrogen-bond donors (Lipinski definition) is 2. The lowest BCUT2D eigenvalue weighted by atomic mass is 9.99. The molecule has 1 saturated heterocycles. The summed E-state index contributed by atoms with van der Waals surface area (Å²) in [6, 6.07) is 10.4. The van der Waals surface area contributed by atoms with Crippen molar-refractivity contribution in [3.8, 4) is 11.5 Å². The van der Waals surface area contributed by atoms with E-state index in [9.17, 15) is 21.6 Å². The van der Waals surface area contributed by atoms with Crippen molar-refractivity contribution in [2.45, 2.75) is 17.7 Å². The number of methoxy groups -OCH3 is 2. The molecule has 0 aliphatic carbocycles. The summed E-state index contributed by atoms with van der Waals surface area (Å²) in [6.45, 7) is 0.451. The van der Waals surface area contributed by atoms with E-state index in [0.29, 0.717) is 36.6 Å². The number of nitrogens with zero attached hydrogens (tertiary/aromatic N) is 2. The Hall–Kier alpha value is -2.87. The topological polar surface area (TPSA) is 134 Å². The van der Waals surface area contributed by atoms with E-state index in [2.05, 4.69) is 10.0 Å². The van der Waals surface area contributed by atoms with Gasteiger partial charge in [-0.05, 0) is 49.2 Å². The van der Waals surface area contributed by atoms with E-state index in [-0.39, 0.29) is 23.0 Å². The van der Waals surface area contributed by atoms with Crippen molar-refractivity contribution < 1.29 is 31.1 Å². The van der Waals surface area contributed by atoms with Gasteiger partial charge in [0, 0.05) is 38.9 Å². The Morgan fingerprint density at radius 2 is 1.71 bits per heavy atom. The smallest absolute Gasteiger partial charge is 0.281 e. The Bertz CT molecular complexity index is 1260. The maximum Gasteiger partial charge on any atom is 0.281 e. The van der Waals surface area contributed by atoms with Crippen molar-refractivity contribution in [3.05, 3.63) is 42.5 Å². The molecule has 0 spiro atoms. The quantitative estimate of drug-likeness (QED) is 0.510. The van der Waals surface area contributed by atoms with Crippen LogP contribution in [0.25, 0.3) is 0 Å². The summed E-state index contributed by atoms with van der Waals surface area (Å²) in [5, 5.41) is 2.75. The van der Waals surface area contributed by atoms with E-state index < -0.39 is 26.2 Å². The second-order valence-corrected chi connectivity index (χ2v) is 12.0. The zero-order valence-corrected chi connectivity index (χ0v) is 21.6. The fourth-order valence-electron chi connectivity index (χ4n) is 3.66. The van der Waals surface area contributed by atoms with Crippen LogP contribution in [0.3, 0.4) is 0 Å². The van der Waals surface area contributed by atoms with Crippen LogP contribution in [0, 0.1) is 5.92 Å². The number of sulfonamides is 1. The summed E-state index contributed by atoms with van der Waals surface area (Å²) in [5.74, 6) is -0.0418. The van der Waals surface area contributed by atoms with Crippen LogP contribution in [-0.4, -0.2) is 72.8 Å². The van der Waals surface area contributed by atoms with Crippen molar-refractivity contribution in [2.75, 3.05) is 51.4 Å². The van der Waals surface area contributed by atoms with E-state index in [1.807, 2.05) is 0 Å². The first-order valence-corrected chi connectivity index (χ1v) is 13.7. The molecule has 35 heavy (non-hydrogen) atoms. The lowest BCUT2D eigenvalue weighted by molar-refractivity contribution is -0.120. The van der Waals surface area contributed by atoms with Gasteiger partial charge in [0.25, 0.3) is 20.2 Å². The highest BCUT2D eigenvalue weighted by Crippen LogP contribution is 2.31. The number of nitrogens with one attached hydrogen (secondary N) is 2. The Labute approximate surface area is 206 Å². The van der Waals surface area contributed by atoms with Crippen molar-refractivity contribution in [1.82, 2.24) is 8.61 Å². The Kier molecular flexibility index (Phi) is 8.26. The van der Waals surface area contributed by atoms with Gasteiger partial charge in [-0.15, -0.1) is 0 Å². The fourth-order valence-corrected chi connectivity index (χ4v) is 5.91. The molecular weight excluding hydrogens is 496 g/mol. The third kappa shape index (κ3) is 6.23. The molecule has 0 aromatic heterocycles. The second-order valence-electron chi connectivity index (χ2n) is 8.17. The van der Waals surface area contributed by atoms with Crippen molar-refractivity contribution >= 4 is 37.5 Å². The summed E-state index contributed by atoms with van der Waals surface area (Å²) in [6.07, 6.45) is 1.13. The normalized spacial score (nSPS) is 17.1. The van der Waals surface area contributed by atoms with E-state index in [1.165, 1.54) is 63.0 Å². The number of piperidine rings is 1. The molecule has 2 aromatic rings. The maximum atomic E-state index is 12.9. The number of ether oxygens (including phenoxy) is 2. The van der Waals surface area contributed by atoms with Gasteiger partial charge in [0.2, 0.25) is 5.91 Å². The van der Waals surface area contributed by atoms with Crippen molar-refractivity contribution in [1.29, 1.82) is 0 Å². The van der Waals surface area contributed by atoms with E-state index >= 15 is 0 Å². The van der Waals surface area contributed by atoms with Gasteiger partial charge in [-0.2, -0.15) is 17.0 Å². The number of carbonyl (C=O) groups excluding carboxylic acids is 1. The van der Waals surface area contributed by atoms with E-state index in [4.69, 9.17) is 9.47 Å². The molecule has 2 N–H and O–H groups in total. The number of benzene rings is 2. The average Bonchev–Trinajstić information content (AvgIpc) is 2.84. The van der Waals surface area contributed by atoms with Crippen LogP contribution in [-0.2, 0) is 25.0 Å². The Morgan fingerprint density at radius 1 is 1.03 bits per heavy atom. The third-order valence-corrected chi connectivity index (χ3v) is 8.91. The van der Waals surface area contributed by atoms with Crippen LogP contribution in [0.4, 0.5) is 11.4 Å². The minimum absolute atomic E-state index is 0.0127. The van der Waals surface area contributed by atoms with Gasteiger partial charge >= 0.3 is 0 Å². The van der Waals surface area contributed by atoms with Gasteiger partial charge in [0.05, 0.1) is 30.7 Å². The van der Waals surface area contributed by atoms with E-state index in [0.717, 1.165) is 4.31 Å². The molecular formula is C22H30N4O7S2. The Morgan fingerprint density at radius 3 is 2.31 bits per heavy atom. The first-order valence-electron chi connectivity index (χ1n) is 10.8. The number of anilines is 2. The van der Waals surface area contributed by atoms with Gasteiger partial charge in [-0.3, -0.25) is 9.52 Å². The molecule has 1 fully saturated rings. The van der Waals surface area contributed by atoms with Crippen LogP contribution in [0.1, 0.15) is 12.8 Å². The Balaban J connectivity index is 1.69. The molecule has 1 atom stereocenters. The molecule has 2 aromatic carbocycles. The SMILES string of the molecule is COc1ccc(OC)c(NS(=O)(=O)c2ccc(NC(=O)[C@H]3CCCN(S(=O)(=O)N(C)C)C3)cc2)c1.